The largest absolute Gasteiger partial charge is 0.480 e. The van der Waals surface area contributed by atoms with Crippen molar-refractivity contribution in [3.8, 4) is 0 Å². The smallest absolute Gasteiger partial charge is 0.328 e. The number of aliphatic hydroxyl groups is 2. The molecule has 1 heterocycles. The molecule has 1 aromatic carbocycles. The van der Waals surface area contributed by atoms with Crippen molar-refractivity contribution in [1.29, 1.82) is 0 Å². The van der Waals surface area contributed by atoms with Crippen molar-refractivity contribution in [2.24, 2.45) is 5.73 Å². The summed E-state index contributed by atoms with van der Waals surface area (Å²) >= 11 is 3.93. The van der Waals surface area contributed by atoms with Gasteiger partial charge in [0.05, 0.1) is 18.8 Å². The molecule has 3 amide bonds. The molecule has 186 valence electrons. The molecule has 5 unspecified atom stereocenters. The Bertz CT molecular complexity index is 1030. The highest BCUT2D eigenvalue weighted by atomic mass is 32.1. The number of hydrogen-bond acceptors (Lipinski definition) is 8. The Morgan fingerprint density at radius 2 is 1.71 bits per heavy atom. The number of fused-ring (bicyclic) bond motifs is 1. The fraction of sp³-hybridized carbons (Fsp3) is 0.429. The summed E-state index contributed by atoms with van der Waals surface area (Å²) in [6, 6.07) is 1.90. The molecule has 0 aliphatic rings. The number of H-pyrrole nitrogens is 1. The van der Waals surface area contributed by atoms with Crippen LogP contribution in [0.1, 0.15) is 12.5 Å². The number of para-hydroxylation sites is 1. The number of carboxylic acid groups (broad SMARTS) is 1. The minimum atomic E-state index is -1.59. The van der Waals surface area contributed by atoms with E-state index in [1.54, 1.807) is 12.3 Å². The normalized spacial score (nSPS) is 15.6. The van der Waals surface area contributed by atoms with E-state index >= 15 is 0 Å². The fourth-order valence-electron chi connectivity index (χ4n) is 3.20. The van der Waals surface area contributed by atoms with Crippen LogP contribution in [0.5, 0.6) is 0 Å². The van der Waals surface area contributed by atoms with Gasteiger partial charge in [-0.05, 0) is 18.6 Å². The van der Waals surface area contributed by atoms with Crippen molar-refractivity contribution < 1.29 is 34.5 Å². The van der Waals surface area contributed by atoms with E-state index in [2.05, 4.69) is 33.6 Å². The van der Waals surface area contributed by atoms with Crippen LogP contribution in [0.4, 0.5) is 0 Å². The van der Waals surface area contributed by atoms with Gasteiger partial charge in [-0.25, -0.2) is 4.79 Å². The minimum absolute atomic E-state index is 0.00329. The van der Waals surface area contributed by atoms with Crippen LogP contribution >= 0.6 is 12.6 Å². The average Bonchev–Trinajstić information content (AvgIpc) is 3.21. The quantitative estimate of drug-likeness (QED) is 0.148. The number of carboxylic acids is 1. The van der Waals surface area contributed by atoms with Crippen molar-refractivity contribution in [1.82, 2.24) is 20.9 Å². The number of thiol groups is 1. The van der Waals surface area contributed by atoms with E-state index in [-0.39, 0.29) is 12.2 Å². The highest BCUT2D eigenvalue weighted by Gasteiger charge is 2.32. The summed E-state index contributed by atoms with van der Waals surface area (Å²) in [5.41, 5.74) is 7.05. The van der Waals surface area contributed by atoms with Crippen molar-refractivity contribution >= 4 is 47.2 Å². The Hall–Kier alpha value is -3.13. The number of carbonyl (C=O) groups is 4. The number of nitrogens with one attached hydrogen (secondary N) is 4. The lowest BCUT2D eigenvalue weighted by molar-refractivity contribution is -0.143. The molecule has 34 heavy (non-hydrogen) atoms. The van der Waals surface area contributed by atoms with Gasteiger partial charge >= 0.3 is 5.97 Å². The van der Waals surface area contributed by atoms with E-state index in [1.165, 1.54) is 6.92 Å². The standard InChI is InChI=1S/C21H29N5O7S/c1-10(28)17(26-18(29)13(22)9-34)20(31)24-15(19(30)25-16(8-27)21(32)33)6-11-7-23-14-5-3-2-4-12(11)14/h2-5,7,10,13,15-17,23,27-28,34H,6,8-9,22H2,1H3,(H,24,31)(H,25,30)(H,26,29)(H,32,33). The highest BCUT2D eigenvalue weighted by Crippen LogP contribution is 2.19. The lowest BCUT2D eigenvalue weighted by Crippen LogP contribution is -2.60. The molecule has 12 nitrogen and oxygen atoms in total. The molecule has 0 fully saturated rings. The van der Waals surface area contributed by atoms with Crippen LogP contribution in [0.15, 0.2) is 30.5 Å². The number of aliphatic carboxylic acids is 1. The number of aromatic amines is 1. The van der Waals surface area contributed by atoms with E-state index < -0.39 is 60.6 Å². The number of aromatic nitrogens is 1. The second-order valence-electron chi connectivity index (χ2n) is 7.72. The second kappa shape index (κ2) is 12.4. The molecule has 5 atom stereocenters. The molecule has 13 heteroatoms. The molecule has 0 radical (unpaired) electrons. The van der Waals surface area contributed by atoms with Gasteiger partial charge in [-0.15, -0.1) is 0 Å². The Morgan fingerprint density at radius 1 is 1.06 bits per heavy atom. The van der Waals surface area contributed by atoms with Gasteiger partial charge in [0, 0.05) is 29.3 Å². The summed E-state index contributed by atoms with van der Waals surface area (Å²) in [6.07, 6.45) is 0.269. The maximum atomic E-state index is 12.9. The third-order valence-corrected chi connectivity index (χ3v) is 5.52. The fourth-order valence-corrected chi connectivity index (χ4v) is 3.36. The molecule has 0 saturated heterocycles. The molecule has 9 N–H and O–H groups in total. The van der Waals surface area contributed by atoms with Crippen LogP contribution in [0, 0.1) is 0 Å². The lowest BCUT2D eigenvalue weighted by atomic mass is 10.0. The summed E-state index contributed by atoms with van der Waals surface area (Å²) < 4.78 is 0. The SMILES string of the molecule is CC(O)C(NC(=O)C(N)CS)C(=O)NC(Cc1c[nH]c2ccccc12)C(=O)NC(CO)C(=O)O. The summed E-state index contributed by atoms with van der Waals surface area (Å²) in [7, 11) is 0. The van der Waals surface area contributed by atoms with E-state index in [9.17, 15) is 29.4 Å². The first kappa shape index (κ1) is 27.1. The number of amides is 3. The zero-order valence-corrected chi connectivity index (χ0v) is 19.3. The summed E-state index contributed by atoms with van der Waals surface area (Å²) in [5, 5.41) is 36.2. The molecule has 0 aliphatic carbocycles. The maximum Gasteiger partial charge on any atom is 0.328 e. The first-order chi connectivity index (χ1) is 16.1. The summed E-state index contributed by atoms with van der Waals surface area (Å²) in [4.78, 5) is 52.2. The van der Waals surface area contributed by atoms with Gasteiger partial charge < -0.3 is 42.0 Å². The first-order valence-corrected chi connectivity index (χ1v) is 11.1. The molecule has 2 aromatic rings. The molecular weight excluding hydrogens is 466 g/mol. The predicted octanol–water partition coefficient (Wildman–Crippen LogP) is -2.12. The monoisotopic (exact) mass is 495 g/mol. The predicted molar refractivity (Wildman–Crippen MR) is 126 cm³/mol. The number of benzene rings is 1. The Labute approximate surface area is 200 Å². The van der Waals surface area contributed by atoms with Crippen LogP contribution in [-0.2, 0) is 25.6 Å². The van der Waals surface area contributed by atoms with Crippen molar-refractivity contribution in [3.63, 3.8) is 0 Å². The molecule has 0 bridgehead atoms. The zero-order chi connectivity index (χ0) is 25.4. The van der Waals surface area contributed by atoms with Gasteiger partial charge in [-0.1, -0.05) is 18.2 Å². The van der Waals surface area contributed by atoms with Crippen molar-refractivity contribution in [2.45, 2.75) is 43.6 Å². The molecular formula is C21H29N5O7S. The topological polar surface area (TPSA) is 207 Å². The lowest BCUT2D eigenvalue weighted by Gasteiger charge is -2.26. The minimum Gasteiger partial charge on any atom is -0.480 e. The van der Waals surface area contributed by atoms with Crippen molar-refractivity contribution in [3.05, 3.63) is 36.0 Å². The molecule has 2 rings (SSSR count). The van der Waals surface area contributed by atoms with E-state index in [0.717, 1.165) is 10.9 Å². The van der Waals surface area contributed by atoms with Gasteiger partial charge in [-0.2, -0.15) is 12.6 Å². The van der Waals surface area contributed by atoms with Gasteiger partial charge in [0.2, 0.25) is 17.7 Å². The van der Waals surface area contributed by atoms with E-state index in [1.807, 2.05) is 18.2 Å². The molecule has 0 saturated carbocycles. The van der Waals surface area contributed by atoms with Crippen LogP contribution in [0.25, 0.3) is 10.9 Å². The Balaban J connectivity index is 2.29. The summed E-state index contributed by atoms with van der Waals surface area (Å²) in [6.45, 7) is 0.417. The summed E-state index contributed by atoms with van der Waals surface area (Å²) in [5.74, 6) is -3.93. The first-order valence-electron chi connectivity index (χ1n) is 10.4. The van der Waals surface area contributed by atoms with Crippen molar-refractivity contribution in [2.75, 3.05) is 12.4 Å². The van der Waals surface area contributed by atoms with Gasteiger partial charge in [0.25, 0.3) is 0 Å². The van der Waals surface area contributed by atoms with Gasteiger partial charge in [-0.3, -0.25) is 14.4 Å². The van der Waals surface area contributed by atoms with Crippen LogP contribution < -0.4 is 21.7 Å². The third kappa shape index (κ3) is 6.93. The second-order valence-corrected chi connectivity index (χ2v) is 8.09. The number of carbonyl (C=O) groups excluding carboxylic acids is 3. The van der Waals surface area contributed by atoms with E-state index in [4.69, 9.17) is 10.8 Å². The zero-order valence-electron chi connectivity index (χ0n) is 18.4. The number of hydrogen-bond donors (Lipinski definition) is 9. The van der Waals surface area contributed by atoms with Gasteiger partial charge in [0.1, 0.15) is 18.1 Å². The highest BCUT2D eigenvalue weighted by molar-refractivity contribution is 7.80. The number of aliphatic hydroxyl groups excluding tert-OH is 2. The average molecular weight is 496 g/mol. The Kier molecular flexibility index (Phi) is 9.86. The van der Waals surface area contributed by atoms with Gasteiger partial charge in [0.15, 0.2) is 0 Å². The molecule has 0 aliphatic heterocycles. The maximum absolute atomic E-state index is 12.9. The molecule has 1 aromatic heterocycles. The number of nitrogens with two attached hydrogens (primary N) is 1. The van der Waals surface area contributed by atoms with Crippen LogP contribution in [0.2, 0.25) is 0 Å². The van der Waals surface area contributed by atoms with Crippen LogP contribution in [0.3, 0.4) is 0 Å². The Morgan fingerprint density at radius 3 is 2.29 bits per heavy atom. The third-order valence-electron chi connectivity index (χ3n) is 5.13. The number of rotatable bonds is 12. The molecule has 0 spiro atoms. The van der Waals surface area contributed by atoms with Crippen LogP contribution in [-0.4, -0.2) is 86.6 Å². The van der Waals surface area contributed by atoms with E-state index in [0.29, 0.717) is 5.56 Å².